The van der Waals surface area contributed by atoms with E-state index in [1.165, 1.54) is 6.07 Å². The molecule has 0 aromatic carbocycles. The van der Waals surface area contributed by atoms with Gasteiger partial charge in [0.2, 0.25) is 5.95 Å². The molecule has 0 atom stereocenters. The number of nitrogens with two attached hydrogens (primary N) is 1. The maximum absolute atomic E-state index is 12.5. The van der Waals surface area contributed by atoms with Gasteiger partial charge < -0.3 is 5.73 Å². The molecule has 2 aromatic rings. The minimum atomic E-state index is -4.71. The summed E-state index contributed by atoms with van der Waals surface area (Å²) in [5.41, 5.74) is 3.80. The summed E-state index contributed by atoms with van der Waals surface area (Å²) >= 11 is 0. The van der Waals surface area contributed by atoms with Crippen LogP contribution in [0.3, 0.4) is 0 Å². The molecule has 0 bridgehead atoms. The summed E-state index contributed by atoms with van der Waals surface area (Å²) < 4.78 is 38.4. The van der Waals surface area contributed by atoms with E-state index in [1.807, 2.05) is 0 Å². The van der Waals surface area contributed by atoms with Gasteiger partial charge in [-0.3, -0.25) is 9.78 Å². The van der Waals surface area contributed by atoms with E-state index in [4.69, 9.17) is 5.73 Å². The number of rotatable bonds is 1. The van der Waals surface area contributed by atoms with E-state index in [-0.39, 0.29) is 11.8 Å². The molecular formula is C9H8F3N5O. The van der Waals surface area contributed by atoms with Gasteiger partial charge in [0.05, 0.1) is 5.69 Å². The van der Waals surface area contributed by atoms with Crippen LogP contribution in [-0.4, -0.2) is 19.7 Å². The van der Waals surface area contributed by atoms with Crippen LogP contribution in [0.15, 0.2) is 16.9 Å². The van der Waals surface area contributed by atoms with Gasteiger partial charge >= 0.3 is 6.18 Å². The quantitative estimate of drug-likeness (QED) is 0.795. The first-order chi connectivity index (χ1) is 8.27. The molecule has 0 aliphatic heterocycles. The van der Waals surface area contributed by atoms with Gasteiger partial charge in [0, 0.05) is 12.1 Å². The number of nitrogens with zero attached hydrogens (tertiary/aromatic N) is 3. The van der Waals surface area contributed by atoms with Crippen molar-refractivity contribution in [2.45, 2.75) is 13.1 Å². The minimum absolute atomic E-state index is 0.0787. The van der Waals surface area contributed by atoms with Gasteiger partial charge in [-0.15, -0.1) is 0 Å². The third-order valence-electron chi connectivity index (χ3n) is 2.08. The van der Waals surface area contributed by atoms with Crippen molar-refractivity contribution in [2.24, 2.45) is 0 Å². The average Bonchev–Trinajstić information content (AvgIpc) is 2.55. The lowest BCUT2D eigenvalue weighted by Gasteiger charge is -2.07. The Balaban J connectivity index is 2.63. The molecule has 0 saturated heterocycles. The molecule has 0 spiro atoms. The zero-order chi connectivity index (χ0) is 13.5. The number of aromatic nitrogens is 4. The Hall–Kier alpha value is -2.32. The number of aromatic amines is 1. The Morgan fingerprint density at radius 1 is 1.39 bits per heavy atom. The fourth-order valence-electron chi connectivity index (χ4n) is 1.38. The van der Waals surface area contributed by atoms with E-state index >= 15 is 0 Å². The van der Waals surface area contributed by atoms with Crippen molar-refractivity contribution in [2.75, 3.05) is 5.73 Å². The average molecular weight is 259 g/mol. The Bertz CT molecular complexity index is 642. The first-order valence-electron chi connectivity index (χ1n) is 4.78. The van der Waals surface area contributed by atoms with Crippen molar-refractivity contribution in [3.63, 3.8) is 0 Å². The highest BCUT2D eigenvalue weighted by Crippen LogP contribution is 2.26. The highest BCUT2D eigenvalue weighted by atomic mass is 19.4. The van der Waals surface area contributed by atoms with Gasteiger partial charge in [-0.2, -0.15) is 23.0 Å². The largest absolute Gasteiger partial charge is 0.433 e. The van der Waals surface area contributed by atoms with Crippen LogP contribution in [0, 0.1) is 6.92 Å². The SMILES string of the molecule is Cc1cc(N)n(-c2nc(C(F)(F)F)cc(=O)[nH]2)n1. The van der Waals surface area contributed by atoms with E-state index in [1.54, 1.807) is 6.92 Å². The number of halogens is 3. The van der Waals surface area contributed by atoms with E-state index < -0.39 is 17.4 Å². The number of H-pyrrole nitrogens is 1. The molecule has 6 nitrogen and oxygen atoms in total. The predicted octanol–water partition coefficient (Wildman–Crippen LogP) is 0.865. The second-order valence-electron chi connectivity index (χ2n) is 3.57. The lowest BCUT2D eigenvalue weighted by Crippen LogP contribution is -2.20. The van der Waals surface area contributed by atoms with Crippen molar-refractivity contribution >= 4 is 5.82 Å². The summed E-state index contributed by atoms with van der Waals surface area (Å²) in [7, 11) is 0. The second kappa shape index (κ2) is 3.86. The van der Waals surface area contributed by atoms with E-state index in [0.29, 0.717) is 11.8 Å². The first kappa shape index (κ1) is 12.1. The lowest BCUT2D eigenvalue weighted by atomic mass is 10.4. The molecular weight excluding hydrogens is 251 g/mol. The Kier molecular flexibility index (Phi) is 2.60. The maximum atomic E-state index is 12.5. The predicted molar refractivity (Wildman–Crippen MR) is 56.1 cm³/mol. The smallest absolute Gasteiger partial charge is 0.383 e. The van der Waals surface area contributed by atoms with Crippen LogP contribution in [0.2, 0.25) is 0 Å². The third kappa shape index (κ3) is 2.19. The van der Waals surface area contributed by atoms with Gasteiger partial charge in [0.15, 0.2) is 5.69 Å². The van der Waals surface area contributed by atoms with Gasteiger partial charge in [-0.1, -0.05) is 0 Å². The Morgan fingerprint density at radius 2 is 2.06 bits per heavy atom. The third-order valence-corrected chi connectivity index (χ3v) is 2.08. The summed E-state index contributed by atoms with van der Waals surface area (Å²) in [6.45, 7) is 1.61. The van der Waals surface area contributed by atoms with Crippen LogP contribution < -0.4 is 11.3 Å². The van der Waals surface area contributed by atoms with Crippen LogP contribution in [-0.2, 0) is 6.18 Å². The second-order valence-corrected chi connectivity index (χ2v) is 3.57. The summed E-state index contributed by atoms with van der Waals surface area (Å²) in [4.78, 5) is 16.6. The number of nitrogens with one attached hydrogen (secondary N) is 1. The number of alkyl halides is 3. The van der Waals surface area contributed by atoms with E-state index in [0.717, 1.165) is 4.68 Å². The van der Waals surface area contributed by atoms with Gasteiger partial charge in [0.1, 0.15) is 5.82 Å². The standard InChI is InChI=1S/C9H8F3N5O/c1-4-2-6(13)17(16-4)8-14-5(9(10,11)12)3-7(18)15-8/h2-3H,13H2,1H3,(H,14,15,18). The first-order valence-corrected chi connectivity index (χ1v) is 4.78. The number of nitrogen functional groups attached to an aromatic ring is 1. The number of hydrogen-bond acceptors (Lipinski definition) is 4. The van der Waals surface area contributed by atoms with Crippen molar-refractivity contribution in [1.29, 1.82) is 0 Å². The van der Waals surface area contributed by atoms with Crippen molar-refractivity contribution in [1.82, 2.24) is 19.7 Å². The fraction of sp³-hybridized carbons (Fsp3) is 0.222. The number of hydrogen-bond donors (Lipinski definition) is 2. The molecule has 2 rings (SSSR count). The van der Waals surface area contributed by atoms with Gasteiger partial charge in [-0.05, 0) is 6.92 Å². The van der Waals surface area contributed by atoms with Crippen molar-refractivity contribution < 1.29 is 13.2 Å². The monoisotopic (exact) mass is 259 g/mol. The van der Waals surface area contributed by atoms with Gasteiger partial charge in [-0.25, -0.2) is 4.98 Å². The molecule has 0 saturated carbocycles. The molecule has 0 unspecified atom stereocenters. The van der Waals surface area contributed by atoms with Gasteiger partial charge in [0.25, 0.3) is 5.56 Å². The summed E-state index contributed by atoms with van der Waals surface area (Å²) in [5, 5.41) is 3.84. The summed E-state index contributed by atoms with van der Waals surface area (Å²) in [6, 6.07) is 1.82. The summed E-state index contributed by atoms with van der Waals surface area (Å²) in [6.07, 6.45) is -4.71. The Labute approximate surface area is 98.3 Å². The van der Waals surface area contributed by atoms with Crippen LogP contribution in [0.25, 0.3) is 5.95 Å². The molecule has 0 fully saturated rings. The number of anilines is 1. The minimum Gasteiger partial charge on any atom is -0.383 e. The van der Waals surface area contributed by atoms with Crippen LogP contribution in [0.5, 0.6) is 0 Å². The summed E-state index contributed by atoms with van der Waals surface area (Å²) in [5.74, 6) is -0.296. The van der Waals surface area contributed by atoms with Crippen molar-refractivity contribution in [3.8, 4) is 5.95 Å². The Morgan fingerprint density at radius 3 is 2.56 bits per heavy atom. The zero-order valence-electron chi connectivity index (χ0n) is 9.12. The van der Waals surface area contributed by atoms with Crippen LogP contribution >= 0.6 is 0 Å². The van der Waals surface area contributed by atoms with E-state index in [9.17, 15) is 18.0 Å². The molecule has 96 valence electrons. The zero-order valence-corrected chi connectivity index (χ0v) is 9.12. The topological polar surface area (TPSA) is 89.6 Å². The molecule has 0 radical (unpaired) electrons. The fourth-order valence-corrected chi connectivity index (χ4v) is 1.38. The van der Waals surface area contributed by atoms with Crippen LogP contribution in [0.4, 0.5) is 19.0 Å². The van der Waals surface area contributed by atoms with Crippen molar-refractivity contribution in [3.05, 3.63) is 33.9 Å². The van der Waals surface area contributed by atoms with Crippen LogP contribution in [0.1, 0.15) is 11.4 Å². The molecule has 2 aromatic heterocycles. The maximum Gasteiger partial charge on any atom is 0.433 e. The molecule has 0 aliphatic rings. The highest BCUT2D eigenvalue weighted by molar-refractivity contribution is 5.36. The highest BCUT2D eigenvalue weighted by Gasteiger charge is 2.33. The molecule has 2 heterocycles. The van der Waals surface area contributed by atoms with E-state index in [2.05, 4.69) is 15.1 Å². The molecule has 0 aliphatic carbocycles. The normalized spacial score (nSPS) is 11.8. The molecule has 18 heavy (non-hydrogen) atoms. The molecule has 0 amide bonds. The molecule has 3 N–H and O–H groups in total. The lowest BCUT2D eigenvalue weighted by molar-refractivity contribution is -0.141. The molecule has 9 heteroatoms. The number of aryl methyl sites for hydroxylation is 1.